The van der Waals surface area contributed by atoms with E-state index in [9.17, 15) is 22.8 Å². The molecular formula is C16H17F3N2O3. The van der Waals surface area contributed by atoms with Crippen molar-refractivity contribution in [2.24, 2.45) is 0 Å². The van der Waals surface area contributed by atoms with Gasteiger partial charge in [0, 0.05) is 13.0 Å². The quantitative estimate of drug-likeness (QED) is 0.742. The van der Waals surface area contributed by atoms with Crippen LogP contribution in [0.5, 0.6) is 5.75 Å². The maximum absolute atomic E-state index is 12.9. The summed E-state index contributed by atoms with van der Waals surface area (Å²) >= 11 is 0. The van der Waals surface area contributed by atoms with Crippen molar-refractivity contribution in [1.29, 1.82) is 0 Å². The monoisotopic (exact) mass is 342 g/mol. The Morgan fingerprint density at radius 2 is 1.96 bits per heavy atom. The number of nitrogens with one attached hydrogen (secondary N) is 2. The fraction of sp³-hybridized carbons (Fsp3) is 0.375. The summed E-state index contributed by atoms with van der Waals surface area (Å²) < 4.78 is 43.7. The molecule has 2 amide bonds. The van der Waals surface area contributed by atoms with Crippen LogP contribution in [0.2, 0.25) is 0 Å². The van der Waals surface area contributed by atoms with E-state index in [1.165, 1.54) is 19.1 Å². The molecule has 0 aliphatic heterocycles. The Kier molecular flexibility index (Phi) is 7.11. The fourth-order valence-corrected chi connectivity index (χ4v) is 1.73. The van der Waals surface area contributed by atoms with Gasteiger partial charge in [-0.25, -0.2) is 0 Å². The van der Waals surface area contributed by atoms with E-state index in [0.717, 1.165) is 12.1 Å². The molecule has 2 N–H and O–H groups in total. The highest BCUT2D eigenvalue weighted by Gasteiger charge is 2.34. The van der Waals surface area contributed by atoms with Crippen LogP contribution in [-0.2, 0) is 15.8 Å². The van der Waals surface area contributed by atoms with E-state index in [4.69, 9.17) is 11.2 Å². The molecule has 0 radical (unpaired) electrons. The van der Waals surface area contributed by atoms with Gasteiger partial charge in [0.2, 0.25) is 5.91 Å². The van der Waals surface area contributed by atoms with E-state index in [2.05, 4.69) is 16.6 Å². The molecule has 24 heavy (non-hydrogen) atoms. The number of benzene rings is 1. The molecule has 1 aromatic carbocycles. The number of amides is 2. The van der Waals surface area contributed by atoms with E-state index in [1.54, 1.807) is 0 Å². The molecule has 0 spiro atoms. The number of halogens is 3. The molecule has 1 unspecified atom stereocenters. The minimum atomic E-state index is -4.58. The Balaban J connectivity index is 2.54. The molecule has 0 aromatic heterocycles. The van der Waals surface area contributed by atoms with E-state index >= 15 is 0 Å². The van der Waals surface area contributed by atoms with Crippen molar-refractivity contribution in [3.05, 3.63) is 29.8 Å². The van der Waals surface area contributed by atoms with Crippen LogP contribution in [-0.4, -0.2) is 31.0 Å². The summed E-state index contributed by atoms with van der Waals surface area (Å²) in [5, 5.41) is 4.83. The van der Waals surface area contributed by atoms with Crippen LogP contribution >= 0.6 is 0 Å². The van der Waals surface area contributed by atoms with Gasteiger partial charge in [-0.1, -0.05) is 18.1 Å². The smallest absolute Gasteiger partial charge is 0.419 e. The maximum atomic E-state index is 12.9. The number of carbonyl (C=O) groups is 2. The molecule has 0 saturated carbocycles. The van der Waals surface area contributed by atoms with Gasteiger partial charge < -0.3 is 15.4 Å². The SMILES string of the molecule is C#CCNC(=O)CCNC(=O)C(C)Oc1ccccc1C(F)(F)F. The van der Waals surface area contributed by atoms with Crippen molar-refractivity contribution >= 4 is 11.8 Å². The number of para-hydroxylation sites is 1. The molecule has 5 nitrogen and oxygen atoms in total. The first-order valence-electron chi connectivity index (χ1n) is 7.06. The van der Waals surface area contributed by atoms with Gasteiger partial charge in [0.1, 0.15) is 5.75 Å². The third-order valence-electron chi connectivity index (χ3n) is 2.90. The molecule has 1 aromatic rings. The van der Waals surface area contributed by atoms with Crippen LogP contribution in [0.4, 0.5) is 13.2 Å². The van der Waals surface area contributed by atoms with Crippen molar-refractivity contribution < 1.29 is 27.5 Å². The second kappa shape index (κ2) is 8.82. The highest BCUT2D eigenvalue weighted by molar-refractivity contribution is 5.82. The van der Waals surface area contributed by atoms with Crippen LogP contribution in [0.25, 0.3) is 0 Å². The lowest BCUT2D eigenvalue weighted by molar-refractivity contribution is -0.140. The van der Waals surface area contributed by atoms with E-state index in [1.807, 2.05) is 0 Å². The molecule has 0 heterocycles. The molecular weight excluding hydrogens is 325 g/mol. The number of hydrogen-bond donors (Lipinski definition) is 2. The summed E-state index contributed by atoms with van der Waals surface area (Å²) in [5.41, 5.74) is -0.960. The molecule has 8 heteroatoms. The molecule has 0 saturated heterocycles. The summed E-state index contributed by atoms with van der Waals surface area (Å²) in [6, 6.07) is 4.62. The molecule has 0 aliphatic rings. The van der Waals surface area contributed by atoms with Crippen molar-refractivity contribution in [2.75, 3.05) is 13.1 Å². The van der Waals surface area contributed by atoms with Gasteiger partial charge in [-0.05, 0) is 19.1 Å². The topological polar surface area (TPSA) is 67.4 Å². The lowest BCUT2D eigenvalue weighted by Crippen LogP contribution is -2.38. The number of ether oxygens (including phenoxy) is 1. The molecule has 0 aliphatic carbocycles. The number of terminal acetylenes is 1. The zero-order valence-corrected chi connectivity index (χ0v) is 12.9. The highest BCUT2D eigenvalue weighted by Crippen LogP contribution is 2.36. The van der Waals surface area contributed by atoms with Gasteiger partial charge in [-0.3, -0.25) is 9.59 Å². The maximum Gasteiger partial charge on any atom is 0.419 e. The van der Waals surface area contributed by atoms with E-state index in [0.29, 0.717) is 0 Å². The summed E-state index contributed by atoms with van der Waals surface area (Å²) in [6.45, 7) is 1.42. The number of carbonyl (C=O) groups excluding carboxylic acids is 2. The van der Waals surface area contributed by atoms with E-state index in [-0.39, 0.29) is 25.4 Å². The first-order valence-corrected chi connectivity index (χ1v) is 7.06. The zero-order valence-electron chi connectivity index (χ0n) is 12.9. The van der Waals surface area contributed by atoms with Gasteiger partial charge in [0.25, 0.3) is 5.91 Å². The number of hydrogen-bond acceptors (Lipinski definition) is 3. The average molecular weight is 342 g/mol. The highest BCUT2D eigenvalue weighted by atomic mass is 19.4. The largest absolute Gasteiger partial charge is 0.480 e. The first-order chi connectivity index (χ1) is 11.3. The van der Waals surface area contributed by atoms with Crippen molar-refractivity contribution in [3.63, 3.8) is 0 Å². The Morgan fingerprint density at radius 1 is 1.29 bits per heavy atom. The normalized spacial score (nSPS) is 12.0. The molecule has 0 fully saturated rings. The van der Waals surface area contributed by atoms with Gasteiger partial charge in [-0.15, -0.1) is 6.42 Å². The van der Waals surface area contributed by atoms with Crippen LogP contribution in [0.1, 0.15) is 18.9 Å². The molecule has 130 valence electrons. The van der Waals surface area contributed by atoms with Crippen LogP contribution in [0.15, 0.2) is 24.3 Å². The second-order valence-corrected chi connectivity index (χ2v) is 4.78. The van der Waals surface area contributed by atoms with Crippen molar-refractivity contribution in [1.82, 2.24) is 10.6 Å². The fourth-order valence-electron chi connectivity index (χ4n) is 1.73. The third kappa shape index (κ3) is 6.20. The van der Waals surface area contributed by atoms with Crippen molar-refractivity contribution in [3.8, 4) is 18.1 Å². The zero-order chi connectivity index (χ0) is 18.2. The molecule has 1 atom stereocenters. The Bertz CT molecular complexity index is 624. The summed E-state index contributed by atoms with van der Waals surface area (Å²) in [7, 11) is 0. The average Bonchev–Trinajstić information content (AvgIpc) is 2.52. The van der Waals surface area contributed by atoms with Crippen LogP contribution in [0.3, 0.4) is 0 Å². The van der Waals surface area contributed by atoms with E-state index < -0.39 is 29.5 Å². The predicted molar refractivity (Wildman–Crippen MR) is 81.0 cm³/mol. The van der Waals surface area contributed by atoms with Crippen molar-refractivity contribution in [2.45, 2.75) is 25.6 Å². The lowest BCUT2D eigenvalue weighted by atomic mass is 10.2. The predicted octanol–water partition coefficient (Wildman–Crippen LogP) is 1.73. The lowest BCUT2D eigenvalue weighted by Gasteiger charge is -2.18. The second-order valence-electron chi connectivity index (χ2n) is 4.78. The molecule has 1 rings (SSSR count). The van der Waals surface area contributed by atoms with Gasteiger partial charge >= 0.3 is 6.18 Å². The summed E-state index contributed by atoms with van der Waals surface area (Å²) in [6.07, 6.45) is -0.754. The summed E-state index contributed by atoms with van der Waals surface area (Å²) in [5.74, 6) is 0.827. The minimum absolute atomic E-state index is 0.000716. The number of rotatable bonds is 7. The standard InChI is InChI=1S/C16H17F3N2O3/c1-3-9-20-14(22)8-10-21-15(23)11(2)24-13-7-5-4-6-12(13)16(17,18)19/h1,4-7,11H,8-10H2,2H3,(H,20,22)(H,21,23). The Hall–Kier alpha value is -2.69. The third-order valence-corrected chi connectivity index (χ3v) is 2.90. The van der Waals surface area contributed by atoms with Gasteiger partial charge in [0.15, 0.2) is 6.10 Å². The van der Waals surface area contributed by atoms with Crippen LogP contribution in [0, 0.1) is 12.3 Å². The number of alkyl halides is 3. The molecule has 0 bridgehead atoms. The first kappa shape index (κ1) is 19.4. The van der Waals surface area contributed by atoms with Crippen LogP contribution < -0.4 is 15.4 Å². The van der Waals surface area contributed by atoms with Gasteiger partial charge in [0.05, 0.1) is 12.1 Å². The summed E-state index contributed by atoms with van der Waals surface area (Å²) in [4.78, 5) is 23.1. The Labute approximate surface area is 137 Å². The Morgan fingerprint density at radius 3 is 2.58 bits per heavy atom. The minimum Gasteiger partial charge on any atom is -0.480 e. The van der Waals surface area contributed by atoms with Gasteiger partial charge in [-0.2, -0.15) is 13.2 Å².